The number of nitrogens with one attached hydrogen (secondary N) is 1. The Morgan fingerprint density at radius 1 is 1.21 bits per heavy atom. The number of benzene rings is 1. The van der Waals surface area contributed by atoms with Crippen molar-refractivity contribution in [2.24, 2.45) is 0 Å². The van der Waals surface area contributed by atoms with Crippen molar-refractivity contribution in [3.8, 4) is 0 Å². The molecule has 6 heteroatoms. The fraction of sp³-hybridized carbons (Fsp3) is 0.565. The molecule has 1 aromatic heterocycles. The van der Waals surface area contributed by atoms with Gasteiger partial charge in [-0.05, 0) is 57.0 Å². The van der Waals surface area contributed by atoms with E-state index < -0.39 is 0 Å². The Kier molecular flexibility index (Phi) is 5.74. The highest BCUT2D eigenvalue weighted by molar-refractivity contribution is 5.97. The average molecular weight is 398 g/mol. The van der Waals surface area contributed by atoms with E-state index in [0.717, 1.165) is 36.9 Å². The van der Waals surface area contributed by atoms with E-state index in [1.54, 1.807) is 17.7 Å². The monoisotopic (exact) mass is 397 g/mol. The van der Waals surface area contributed by atoms with Gasteiger partial charge in [-0.1, -0.05) is 18.2 Å². The first-order valence-electron chi connectivity index (χ1n) is 10.7. The first kappa shape index (κ1) is 20.1. The fourth-order valence-corrected chi connectivity index (χ4v) is 5.18. The van der Waals surface area contributed by atoms with Gasteiger partial charge in [-0.2, -0.15) is 0 Å². The number of nitrogens with zero attached hydrogens (tertiary/aromatic N) is 2. The van der Waals surface area contributed by atoms with E-state index in [1.807, 2.05) is 38.1 Å². The lowest BCUT2D eigenvalue weighted by Crippen LogP contribution is -2.51. The minimum atomic E-state index is -0.245. The Morgan fingerprint density at radius 3 is 2.55 bits per heavy atom. The van der Waals surface area contributed by atoms with E-state index in [2.05, 4.69) is 10.2 Å². The predicted octanol–water partition coefficient (Wildman–Crippen LogP) is 2.95. The number of fused-ring (bicyclic) bond motifs is 3. The van der Waals surface area contributed by atoms with Gasteiger partial charge in [-0.15, -0.1) is 0 Å². The Morgan fingerprint density at radius 2 is 1.90 bits per heavy atom. The van der Waals surface area contributed by atoms with E-state index in [9.17, 15) is 9.59 Å². The van der Waals surface area contributed by atoms with E-state index in [-0.39, 0.29) is 29.1 Å². The van der Waals surface area contributed by atoms with Crippen LogP contribution in [0, 0.1) is 0 Å². The van der Waals surface area contributed by atoms with Crippen LogP contribution in [0.4, 0.5) is 0 Å². The number of pyridine rings is 1. The Balaban J connectivity index is 1.55. The number of carbonyl (C=O) groups excluding carboxylic acids is 1. The number of hydrogen-bond acceptors (Lipinski definition) is 4. The van der Waals surface area contributed by atoms with Crippen LogP contribution in [0.25, 0.3) is 10.9 Å². The molecule has 2 aromatic rings. The lowest BCUT2D eigenvalue weighted by Gasteiger charge is -2.39. The van der Waals surface area contributed by atoms with Gasteiger partial charge in [0.2, 0.25) is 0 Å². The molecule has 0 saturated carbocycles. The van der Waals surface area contributed by atoms with Crippen LogP contribution in [0.5, 0.6) is 0 Å². The third-order valence-corrected chi connectivity index (χ3v) is 6.48. The number of amides is 1. The van der Waals surface area contributed by atoms with Gasteiger partial charge in [0.25, 0.3) is 11.5 Å². The molecule has 2 aliphatic rings. The van der Waals surface area contributed by atoms with E-state index in [1.165, 1.54) is 12.8 Å². The molecule has 3 heterocycles. The maximum absolute atomic E-state index is 13.1. The molecule has 4 rings (SSSR count). The molecule has 29 heavy (non-hydrogen) atoms. The highest BCUT2D eigenvalue weighted by atomic mass is 16.5. The molecule has 6 nitrogen and oxygen atoms in total. The number of methoxy groups -OCH3 is 1. The molecule has 0 radical (unpaired) electrons. The SMILES string of the molecule is COCCN1[C@@H]2CC[C@H]1CC(NC(=O)c1cc3ccccc3n(C(C)C)c1=O)C2. The molecule has 2 saturated heterocycles. The zero-order chi connectivity index (χ0) is 20.5. The third kappa shape index (κ3) is 3.83. The first-order chi connectivity index (χ1) is 14.0. The summed E-state index contributed by atoms with van der Waals surface area (Å²) in [5.74, 6) is -0.245. The molecule has 156 valence electrons. The summed E-state index contributed by atoms with van der Waals surface area (Å²) in [6.45, 7) is 5.65. The number of rotatable bonds is 6. The summed E-state index contributed by atoms with van der Waals surface area (Å²) in [7, 11) is 1.74. The van der Waals surface area contributed by atoms with Crippen molar-refractivity contribution >= 4 is 16.8 Å². The van der Waals surface area contributed by atoms with Crippen LogP contribution in [-0.4, -0.2) is 53.8 Å². The van der Waals surface area contributed by atoms with Gasteiger partial charge in [0, 0.05) is 37.8 Å². The second-order valence-electron chi connectivity index (χ2n) is 8.64. The third-order valence-electron chi connectivity index (χ3n) is 6.48. The molecule has 2 aliphatic heterocycles. The summed E-state index contributed by atoms with van der Waals surface area (Å²) in [6.07, 6.45) is 4.24. The largest absolute Gasteiger partial charge is 0.383 e. The molecule has 3 atom stereocenters. The van der Waals surface area contributed by atoms with Gasteiger partial charge >= 0.3 is 0 Å². The average Bonchev–Trinajstić information content (AvgIpc) is 2.93. The highest BCUT2D eigenvalue weighted by Gasteiger charge is 2.40. The normalized spacial score (nSPS) is 24.3. The Bertz CT molecular complexity index is 938. The maximum atomic E-state index is 13.1. The standard InChI is InChI=1S/C23H31N3O3/c1-15(2)26-21-7-5-4-6-16(21)12-20(23(26)28)22(27)24-17-13-18-8-9-19(14-17)25(18)10-11-29-3/h4-7,12,15,17-19H,8-11,13-14H2,1-3H3,(H,24,27)/t17?,18-,19+. The lowest BCUT2D eigenvalue weighted by atomic mass is 9.97. The predicted molar refractivity (Wildman–Crippen MR) is 114 cm³/mol. The van der Waals surface area contributed by atoms with Crippen LogP contribution >= 0.6 is 0 Å². The van der Waals surface area contributed by atoms with Crippen LogP contribution in [-0.2, 0) is 4.74 Å². The molecule has 0 spiro atoms. The minimum Gasteiger partial charge on any atom is -0.383 e. The molecule has 2 fully saturated rings. The summed E-state index contributed by atoms with van der Waals surface area (Å²) in [5, 5.41) is 4.09. The molecular weight excluding hydrogens is 366 g/mol. The second kappa shape index (κ2) is 8.28. The van der Waals surface area contributed by atoms with Crippen LogP contribution in [0.3, 0.4) is 0 Å². The quantitative estimate of drug-likeness (QED) is 0.814. The van der Waals surface area contributed by atoms with E-state index in [4.69, 9.17) is 4.74 Å². The lowest BCUT2D eigenvalue weighted by molar-refractivity contribution is 0.0707. The summed E-state index contributed by atoms with van der Waals surface area (Å²) in [6, 6.07) is 10.6. The van der Waals surface area contributed by atoms with Crippen molar-refractivity contribution in [1.82, 2.24) is 14.8 Å². The second-order valence-corrected chi connectivity index (χ2v) is 8.64. The van der Waals surface area contributed by atoms with Crippen LogP contribution in [0.1, 0.15) is 55.9 Å². The minimum absolute atomic E-state index is 0.0139. The van der Waals surface area contributed by atoms with E-state index in [0.29, 0.717) is 12.1 Å². The zero-order valence-electron chi connectivity index (χ0n) is 17.6. The van der Waals surface area contributed by atoms with Crippen molar-refractivity contribution in [2.45, 2.75) is 63.7 Å². The number of para-hydroxylation sites is 1. The molecule has 2 bridgehead atoms. The fourth-order valence-electron chi connectivity index (χ4n) is 5.18. The number of carbonyl (C=O) groups is 1. The van der Waals surface area contributed by atoms with Gasteiger partial charge in [0.15, 0.2) is 0 Å². The summed E-state index contributed by atoms with van der Waals surface area (Å²) in [4.78, 5) is 28.7. The van der Waals surface area contributed by atoms with Crippen molar-refractivity contribution < 1.29 is 9.53 Å². The van der Waals surface area contributed by atoms with Crippen molar-refractivity contribution in [2.75, 3.05) is 20.3 Å². The van der Waals surface area contributed by atoms with Gasteiger partial charge < -0.3 is 14.6 Å². The van der Waals surface area contributed by atoms with Crippen molar-refractivity contribution in [3.63, 3.8) is 0 Å². The van der Waals surface area contributed by atoms with Gasteiger partial charge in [0.05, 0.1) is 12.1 Å². The number of aromatic nitrogens is 1. The summed E-state index contributed by atoms with van der Waals surface area (Å²) < 4.78 is 6.97. The molecule has 1 N–H and O–H groups in total. The summed E-state index contributed by atoms with van der Waals surface area (Å²) in [5.41, 5.74) is 0.900. The highest BCUT2D eigenvalue weighted by Crippen LogP contribution is 2.35. The Hall–Kier alpha value is -2.18. The topological polar surface area (TPSA) is 63.6 Å². The molecule has 0 aliphatic carbocycles. The maximum Gasteiger partial charge on any atom is 0.264 e. The summed E-state index contributed by atoms with van der Waals surface area (Å²) >= 11 is 0. The molecule has 1 amide bonds. The molecule has 1 unspecified atom stereocenters. The van der Waals surface area contributed by atoms with Crippen LogP contribution in [0.15, 0.2) is 35.1 Å². The van der Waals surface area contributed by atoms with Crippen molar-refractivity contribution in [1.29, 1.82) is 0 Å². The van der Waals surface area contributed by atoms with Gasteiger partial charge in [-0.3, -0.25) is 14.5 Å². The van der Waals surface area contributed by atoms with Gasteiger partial charge in [0.1, 0.15) is 5.56 Å². The van der Waals surface area contributed by atoms with Crippen LogP contribution in [0.2, 0.25) is 0 Å². The zero-order valence-corrected chi connectivity index (χ0v) is 17.6. The number of ether oxygens (including phenoxy) is 1. The molecule has 1 aromatic carbocycles. The van der Waals surface area contributed by atoms with Crippen molar-refractivity contribution in [3.05, 3.63) is 46.2 Å². The first-order valence-corrected chi connectivity index (χ1v) is 10.7. The smallest absolute Gasteiger partial charge is 0.264 e. The van der Waals surface area contributed by atoms with Crippen LogP contribution < -0.4 is 10.9 Å². The Labute approximate surface area is 171 Å². The van der Waals surface area contributed by atoms with E-state index >= 15 is 0 Å². The van der Waals surface area contributed by atoms with Gasteiger partial charge in [-0.25, -0.2) is 0 Å². The molecular formula is C23H31N3O3. The number of piperidine rings is 1. The number of hydrogen-bond donors (Lipinski definition) is 1.